The Morgan fingerprint density at radius 1 is 0.885 bits per heavy atom. The van der Waals surface area contributed by atoms with E-state index in [-0.39, 0.29) is 9.79 Å². The molecule has 0 bridgehead atoms. The molecular weight excluding hydrogens is 440 g/mol. The van der Waals surface area contributed by atoms with Crippen molar-refractivity contribution in [2.45, 2.75) is 9.79 Å². The molecule has 6 nitrogen and oxygen atoms in total. The number of sulfonamides is 1. The van der Waals surface area contributed by atoms with Gasteiger partial charge in [-0.3, -0.25) is 0 Å². The van der Waals surface area contributed by atoms with Gasteiger partial charge in [0, 0.05) is 36.9 Å². The van der Waals surface area contributed by atoms with Crippen molar-refractivity contribution >= 4 is 41.5 Å². The lowest BCUT2D eigenvalue weighted by Crippen LogP contribution is -2.49. The molecule has 0 unspecified atom stereocenters. The Balaban J connectivity index is 1.80. The summed E-state index contributed by atoms with van der Waals surface area (Å²) in [6, 6.07) is 13.4. The van der Waals surface area contributed by atoms with Gasteiger partial charge in [-0.1, -0.05) is 34.1 Å². The molecule has 1 aliphatic heterocycles. The van der Waals surface area contributed by atoms with Crippen LogP contribution in [-0.4, -0.2) is 53.6 Å². The van der Waals surface area contributed by atoms with Gasteiger partial charge in [-0.2, -0.15) is 4.31 Å². The molecule has 1 fully saturated rings. The number of anilines is 1. The summed E-state index contributed by atoms with van der Waals surface area (Å²) < 4.78 is 51.7. The van der Waals surface area contributed by atoms with E-state index in [0.29, 0.717) is 36.3 Å². The third kappa shape index (κ3) is 3.95. The van der Waals surface area contributed by atoms with Gasteiger partial charge in [-0.25, -0.2) is 16.8 Å². The van der Waals surface area contributed by atoms with Gasteiger partial charge in [0.25, 0.3) is 0 Å². The second kappa shape index (κ2) is 7.30. The van der Waals surface area contributed by atoms with Gasteiger partial charge < -0.3 is 4.90 Å². The Labute approximate surface area is 162 Å². The first-order valence-electron chi connectivity index (χ1n) is 7.99. The predicted octanol–water partition coefficient (Wildman–Crippen LogP) is 2.36. The van der Waals surface area contributed by atoms with Crippen molar-refractivity contribution in [3.8, 4) is 0 Å². The van der Waals surface area contributed by atoms with E-state index in [9.17, 15) is 16.8 Å². The first-order chi connectivity index (χ1) is 12.2. The second-order valence-corrected chi connectivity index (χ2v) is 10.9. The standard InChI is InChI=1S/C17H19BrN2O4S2/c1-25(21,22)17-8-3-2-7-16(17)19-9-11-20(12-10-19)26(23,24)15-6-4-5-14(18)13-15/h2-8,13H,9-12H2,1H3. The minimum absolute atomic E-state index is 0.247. The Morgan fingerprint density at radius 2 is 1.54 bits per heavy atom. The SMILES string of the molecule is CS(=O)(=O)c1ccccc1N1CCN(S(=O)(=O)c2cccc(Br)c2)CC1. The molecule has 26 heavy (non-hydrogen) atoms. The van der Waals surface area contributed by atoms with E-state index in [1.54, 1.807) is 48.5 Å². The van der Waals surface area contributed by atoms with E-state index in [2.05, 4.69) is 15.9 Å². The normalized spacial score (nSPS) is 16.6. The zero-order valence-electron chi connectivity index (χ0n) is 14.2. The van der Waals surface area contributed by atoms with Gasteiger partial charge in [-0.15, -0.1) is 0 Å². The van der Waals surface area contributed by atoms with Gasteiger partial charge in [0.15, 0.2) is 9.84 Å². The maximum atomic E-state index is 12.8. The van der Waals surface area contributed by atoms with Crippen LogP contribution in [0.15, 0.2) is 62.8 Å². The molecule has 0 N–H and O–H groups in total. The molecule has 3 rings (SSSR count). The first kappa shape index (κ1) is 19.3. The van der Waals surface area contributed by atoms with E-state index < -0.39 is 19.9 Å². The van der Waals surface area contributed by atoms with Crippen LogP contribution in [0.1, 0.15) is 0 Å². The zero-order valence-corrected chi connectivity index (χ0v) is 17.4. The van der Waals surface area contributed by atoms with Crippen LogP contribution in [0.2, 0.25) is 0 Å². The summed E-state index contributed by atoms with van der Waals surface area (Å²) in [6.45, 7) is 1.46. The van der Waals surface area contributed by atoms with E-state index in [1.165, 1.54) is 10.6 Å². The molecule has 1 heterocycles. The molecule has 0 radical (unpaired) electrons. The fourth-order valence-electron chi connectivity index (χ4n) is 2.98. The van der Waals surface area contributed by atoms with Crippen molar-refractivity contribution in [1.82, 2.24) is 4.31 Å². The molecule has 140 valence electrons. The molecule has 0 amide bonds. The second-order valence-electron chi connectivity index (χ2n) is 6.09. The lowest BCUT2D eigenvalue weighted by Gasteiger charge is -2.36. The molecule has 0 spiro atoms. The van der Waals surface area contributed by atoms with E-state index in [4.69, 9.17) is 0 Å². The Bertz CT molecular complexity index is 1010. The number of benzene rings is 2. The molecule has 2 aromatic rings. The Hall–Kier alpha value is -1.42. The molecule has 1 aliphatic rings. The minimum atomic E-state index is -3.57. The van der Waals surface area contributed by atoms with Crippen molar-refractivity contribution < 1.29 is 16.8 Å². The van der Waals surface area contributed by atoms with Crippen LogP contribution in [0, 0.1) is 0 Å². The number of halogens is 1. The molecule has 0 saturated carbocycles. The van der Waals surface area contributed by atoms with Gasteiger partial charge in [0.2, 0.25) is 10.0 Å². The topological polar surface area (TPSA) is 74.8 Å². The summed E-state index contributed by atoms with van der Waals surface area (Å²) in [6.07, 6.45) is 1.18. The number of hydrogen-bond acceptors (Lipinski definition) is 5. The van der Waals surface area contributed by atoms with Crippen molar-refractivity contribution in [3.63, 3.8) is 0 Å². The molecule has 2 aromatic carbocycles. The quantitative estimate of drug-likeness (QED) is 0.702. The number of nitrogens with zero attached hydrogens (tertiary/aromatic N) is 2. The third-order valence-corrected chi connectivity index (χ3v) is 7.81. The maximum Gasteiger partial charge on any atom is 0.243 e. The van der Waals surface area contributed by atoms with Gasteiger partial charge in [-0.05, 0) is 30.3 Å². The Morgan fingerprint density at radius 3 is 2.15 bits per heavy atom. The molecule has 9 heteroatoms. The largest absolute Gasteiger partial charge is 0.368 e. The summed E-state index contributed by atoms with van der Waals surface area (Å²) in [7, 11) is -6.92. The minimum Gasteiger partial charge on any atom is -0.368 e. The number of piperazine rings is 1. The number of rotatable bonds is 4. The van der Waals surface area contributed by atoms with Crippen LogP contribution in [0.25, 0.3) is 0 Å². The Kier molecular flexibility index (Phi) is 5.43. The van der Waals surface area contributed by atoms with Crippen LogP contribution in [0.5, 0.6) is 0 Å². The predicted molar refractivity (Wildman–Crippen MR) is 105 cm³/mol. The molecule has 0 atom stereocenters. The molecule has 0 aromatic heterocycles. The van der Waals surface area contributed by atoms with Gasteiger partial charge >= 0.3 is 0 Å². The summed E-state index contributed by atoms with van der Waals surface area (Å²) in [4.78, 5) is 2.43. The average molecular weight is 459 g/mol. The monoisotopic (exact) mass is 458 g/mol. The molecular formula is C17H19BrN2O4S2. The van der Waals surface area contributed by atoms with E-state index in [0.717, 1.165) is 0 Å². The smallest absolute Gasteiger partial charge is 0.243 e. The van der Waals surface area contributed by atoms with E-state index >= 15 is 0 Å². The van der Waals surface area contributed by atoms with Gasteiger partial charge in [0.05, 0.1) is 15.5 Å². The fraction of sp³-hybridized carbons (Fsp3) is 0.294. The van der Waals surface area contributed by atoms with Crippen LogP contribution < -0.4 is 4.90 Å². The third-order valence-electron chi connectivity index (χ3n) is 4.28. The highest BCUT2D eigenvalue weighted by Crippen LogP contribution is 2.27. The van der Waals surface area contributed by atoms with Crippen LogP contribution in [0.3, 0.4) is 0 Å². The average Bonchev–Trinajstić information content (AvgIpc) is 2.61. The maximum absolute atomic E-state index is 12.8. The van der Waals surface area contributed by atoms with Crippen molar-refractivity contribution in [1.29, 1.82) is 0 Å². The summed E-state index contributed by atoms with van der Waals surface area (Å²) >= 11 is 3.30. The lowest BCUT2D eigenvalue weighted by molar-refractivity contribution is 0.384. The number of hydrogen-bond donors (Lipinski definition) is 0. The zero-order chi connectivity index (χ0) is 18.9. The summed E-state index contributed by atoms with van der Waals surface area (Å²) in [5.41, 5.74) is 0.620. The fourth-order valence-corrected chi connectivity index (χ4v) is 5.90. The first-order valence-corrected chi connectivity index (χ1v) is 12.1. The highest BCUT2D eigenvalue weighted by atomic mass is 79.9. The van der Waals surface area contributed by atoms with Crippen LogP contribution in [-0.2, 0) is 19.9 Å². The van der Waals surface area contributed by atoms with Crippen molar-refractivity contribution in [2.75, 3.05) is 37.3 Å². The van der Waals surface area contributed by atoms with Gasteiger partial charge in [0.1, 0.15) is 0 Å². The highest BCUT2D eigenvalue weighted by molar-refractivity contribution is 9.10. The van der Waals surface area contributed by atoms with Crippen LogP contribution in [0.4, 0.5) is 5.69 Å². The van der Waals surface area contributed by atoms with E-state index in [1.807, 2.05) is 4.90 Å². The van der Waals surface area contributed by atoms with Crippen molar-refractivity contribution in [2.24, 2.45) is 0 Å². The molecule has 0 aliphatic carbocycles. The summed E-state index contributed by atoms with van der Waals surface area (Å²) in [5, 5.41) is 0. The lowest BCUT2D eigenvalue weighted by atomic mass is 10.2. The number of sulfone groups is 1. The summed E-state index contributed by atoms with van der Waals surface area (Å²) in [5.74, 6) is 0. The molecule has 1 saturated heterocycles. The van der Waals surface area contributed by atoms with Crippen molar-refractivity contribution in [3.05, 3.63) is 53.0 Å². The highest BCUT2D eigenvalue weighted by Gasteiger charge is 2.30. The van der Waals surface area contributed by atoms with Crippen LogP contribution >= 0.6 is 15.9 Å². The number of para-hydroxylation sites is 1.